The third-order valence-corrected chi connectivity index (χ3v) is 5.52. The first-order valence-corrected chi connectivity index (χ1v) is 7.67. The van der Waals surface area contributed by atoms with Crippen molar-refractivity contribution in [2.45, 2.75) is 24.3 Å². The summed E-state index contributed by atoms with van der Waals surface area (Å²) in [7, 11) is 6.07. The third kappa shape index (κ3) is 1.68. The standard InChI is InChI=1S/C14H18N4O6/c1-15-11(19)5-7(17(3)23-9(5)13(15)21)8-6-10(24-18(8)4)14(22)16(2)12(6)20/h5-10H,1-4H3/t5-,6+,7-,8+,9+,10-. The summed E-state index contributed by atoms with van der Waals surface area (Å²) in [6, 6.07) is -1.14. The molecule has 0 aromatic rings. The van der Waals surface area contributed by atoms with E-state index in [-0.39, 0.29) is 11.8 Å². The van der Waals surface area contributed by atoms with Crippen LogP contribution in [0.25, 0.3) is 0 Å². The lowest BCUT2D eigenvalue weighted by Crippen LogP contribution is -2.53. The summed E-state index contributed by atoms with van der Waals surface area (Å²) in [4.78, 5) is 62.6. The van der Waals surface area contributed by atoms with Crippen LogP contribution in [0.4, 0.5) is 0 Å². The van der Waals surface area contributed by atoms with Gasteiger partial charge >= 0.3 is 0 Å². The van der Waals surface area contributed by atoms with Gasteiger partial charge in [-0.25, -0.2) is 0 Å². The lowest BCUT2D eigenvalue weighted by molar-refractivity contribution is -0.193. The van der Waals surface area contributed by atoms with E-state index in [2.05, 4.69) is 0 Å². The van der Waals surface area contributed by atoms with Gasteiger partial charge in [0.25, 0.3) is 11.8 Å². The second-order valence-electron chi connectivity index (χ2n) is 6.65. The highest BCUT2D eigenvalue weighted by atomic mass is 16.7. The largest absolute Gasteiger partial charge is 0.285 e. The number of hydroxylamine groups is 4. The summed E-state index contributed by atoms with van der Waals surface area (Å²) in [5, 5.41) is 2.89. The number of rotatable bonds is 1. The number of carbonyl (C=O) groups excluding carboxylic acids is 4. The Labute approximate surface area is 137 Å². The van der Waals surface area contributed by atoms with Crippen LogP contribution >= 0.6 is 0 Å². The quantitative estimate of drug-likeness (QED) is 0.482. The molecule has 10 heteroatoms. The number of hydrogen-bond acceptors (Lipinski definition) is 8. The van der Waals surface area contributed by atoms with Crippen molar-refractivity contribution < 1.29 is 28.9 Å². The van der Waals surface area contributed by atoms with Crippen molar-refractivity contribution in [2.75, 3.05) is 28.2 Å². The van der Waals surface area contributed by atoms with E-state index in [4.69, 9.17) is 9.68 Å². The molecule has 130 valence electrons. The molecular weight excluding hydrogens is 320 g/mol. The maximum absolute atomic E-state index is 12.5. The molecule has 4 heterocycles. The summed E-state index contributed by atoms with van der Waals surface area (Å²) in [6.45, 7) is 0. The summed E-state index contributed by atoms with van der Waals surface area (Å²) in [5.74, 6) is -2.94. The van der Waals surface area contributed by atoms with E-state index < -0.39 is 47.9 Å². The first kappa shape index (κ1) is 15.6. The molecule has 0 aromatic carbocycles. The van der Waals surface area contributed by atoms with Crippen LogP contribution in [0, 0.1) is 11.8 Å². The lowest BCUT2D eigenvalue weighted by Gasteiger charge is -2.32. The smallest absolute Gasteiger partial charge is 0.261 e. The Bertz CT molecular complexity index is 612. The lowest BCUT2D eigenvalue weighted by atomic mass is 9.83. The summed E-state index contributed by atoms with van der Waals surface area (Å²) < 4.78 is 0. The second kappa shape index (κ2) is 4.82. The summed E-state index contributed by atoms with van der Waals surface area (Å²) in [6.07, 6.45) is -1.79. The third-order valence-electron chi connectivity index (χ3n) is 5.52. The van der Waals surface area contributed by atoms with E-state index >= 15 is 0 Å². The van der Waals surface area contributed by atoms with Gasteiger partial charge in [0.2, 0.25) is 11.8 Å². The number of likely N-dealkylation sites (tertiary alicyclic amines) is 2. The Hall–Kier alpha value is -1.88. The predicted octanol–water partition coefficient (Wildman–Crippen LogP) is -2.56. The van der Waals surface area contributed by atoms with Crippen LogP contribution in [0.1, 0.15) is 0 Å². The van der Waals surface area contributed by atoms with Crippen LogP contribution in [0.15, 0.2) is 0 Å². The topological polar surface area (TPSA) is 99.7 Å². The number of fused-ring (bicyclic) bond motifs is 2. The average molecular weight is 338 g/mol. The number of carbonyl (C=O) groups is 4. The van der Waals surface area contributed by atoms with E-state index in [0.717, 1.165) is 9.80 Å². The highest BCUT2D eigenvalue weighted by Gasteiger charge is 2.66. The fraction of sp³-hybridized carbons (Fsp3) is 0.714. The molecule has 0 aromatic heterocycles. The van der Waals surface area contributed by atoms with Gasteiger partial charge in [-0.3, -0.25) is 38.7 Å². The van der Waals surface area contributed by atoms with Crippen LogP contribution < -0.4 is 0 Å². The molecule has 0 N–H and O–H groups in total. The van der Waals surface area contributed by atoms with Gasteiger partial charge in [-0.15, -0.1) is 0 Å². The second-order valence-corrected chi connectivity index (χ2v) is 6.65. The van der Waals surface area contributed by atoms with E-state index in [9.17, 15) is 19.2 Å². The minimum atomic E-state index is -0.894. The minimum Gasteiger partial charge on any atom is -0.285 e. The fourth-order valence-electron chi connectivity index (χ4n) is 4.29. The highest BCUT2D eigenvalue weighted by molar-refractivity contribution is 6.08. The molecule has 6 atom stereocenters. The van der Waals surface area contributed by atoms with Crippen molar-refractivity contribution in [1.29, 1.82) is 0 Å². The molecule has 0 bridgehead atoms. The molecule has 4 amide bonds. The van der Waals surface area contributed by atoms with Crippen molar-refractivity contribution >= 4 is 23.6 Å². The molecule has 4 aliphatic heterocycles. The normalized spacial score (nSPS) is 43.3. The zero-order valence-electron chi connectivity index (χ0n) is 13.7. The Kier molecular flexibility index (Phi) is 3.14. The molecule has 24 heavy (non-hydrogen) atoms. The molecule has 0 spiro atoms. The van der Waals surface area contributed by atoms with Gasteiger partial charge in [-0.2, -0.15) is 10.1 Å². The van der Waals surface area contributed by atoms with Gasteiger partial charge < -0.3 is 0 Å². The number of hydrogen-bond donors (Lipinski definition) is 0. The van der Waals surface area contributed by atoms with Gasteiger partial charge in [-0.05, 0) is 0 Å². The Morgan fingerprint density at radius 2 is 0.958 bits per heavy atom. The summed E-state index contributed by atoms with van der Waals surface area (Å²) in [5.41, 5.74) is 0. The van der Waals surface area contributed by atoms with Crippen LogP contribution in [-0.4, -0.2) is 96.0 Å². The first-order chi connectivity index (χ1) is 11.3. The number of nitrogens with zero attached hydrogens (tertiary/aromatic N) is 4. The van der Waals surface area contributed by atoms with E-state index in [1.54, 1.807) is 14.1 Å². The zero-order chi connectivity index (χ0) is 17.5. The van der Waals surface area contributed by atoms with Crippen LogP contribution in [0.5, 0.6) is 0 Å². The van der Waals surface area contributed by atoms with Gasteiger partial charge in [0.15, 0.2) is 12.2 Å². The molecule has 0 unspecified atom stereocenters. The molecule has 4 saturated heterocycles. The monoisotopic (exact) mass is 338 g/mol. The number of imide groups is 2. The summed E-state index contributed by atoms with van der Waals surface area (Å²) >= 11 is 0. The number of likely N-dealkylation sites (N-methyl/N-ethyl adjacent to an activating group) is 4. The maximum atomic E-state index is 12.5. The van der Waals surface area contributed by atoms with Crippen molar-refractivity contribution in [3.05, 3.63) is 0 Å². The molecule has 0 radical (unpaired) electrons. The SMILES string of the molecule is CN1C(=O)[C@@H]2[C@H]([C@@H]3[C@@H]4C(=O)N(C)C(=O)[C@@H]4ON3C)N(C)O[C@@H]2C1=O. The van der Waals surface area contributed by atoms with Gasteiger partial charge in [0, 0.05) is 28.2 Å². The number of amides is 4. The molecular formula is C14H18N4O6. The minimum absolute atomic E-state index is 0.346. The van der Waals surface area contributed by atoms with Gasteiger partial charge in [0.1, 0.15) is 0 Å². The van der Waals surface area contributed by atoms with Crippen molar-refractivity contribution in [3.8, 4) is 0 Å². The first-order valence-electron chi connectivity index (χ1n) is 7.67. The molecule has 4 fully saturated rings. The Morgan fingerprint density at radius 1 is 0.625 bits per heavy atom. The van der Waals surface area contributed by atoms with E-state index in [1.165, 1.54) is 24.2 Å². The van der Waals surface area contributed by atoms with Crippen molar-refractivity contribution in [1.82, 2.24) is 19.9 Å². The van der Waals surface area contributed by atoms with Crippen molar-refractivity contribution in [2.24, 2.45) is 11.8 Å². The van der Waals surface area contributed by atoms with Crippen LogP contribution in [-0.2, 0) is 28.9 Å². The van der Waals surface area contributed by atoms with E-state index in [1.807, 2.05) is 0 Å². The fourth-order valence-corrected chi connectivity index (χ4v) is 4.29. The molecule has 4 aliphatic rings. The molecule has 0 saturated carbocycles. The van der Waals surface area contributed by atoms with Crippen molar-refractivity contribution in [3.63, 3.8) is 0 Å². The average Bonchev–Trinajstić information content (AvgIpc) is 3.17. The zero-order valence-corrected chi connectivity index (χ0v) is 13.7. The van der Waals surface area contributed by atoms with E-state index in [0.29, 0.717) is 0 Å². The maximum Gasteiger partial charge on any atom is 0.261 e. The highest BCUT2D eigenvalue weighted by Crippen LogP contribution is 2.44. The Morgan fingerprint density at radius 3 is 1.29 bits per heavy atom. The predicted molar refractivity (Wildman–Crippen MR) is 75.4 cm³/mol. The molecule has 0 aliphatic carbocycles. The van der Waals surface area contributed by atoms with Crippen LogP contribution in [0.3, 0.4) is 0 Å². The Balaban J connectivity index is 1.73. The molecule has 10 nitrogen and oxygen atoms in total. The van der Waals surface area contributed by atoms with Gasteiger partial charge in [-0.1, -0.05) is 0 Å². The van der Waals surface area contributed by atoms with Gasteiger partial charge in [0.05, 0.1) is 23.9 Å². The van der Waals surface area contributed by atoms with Crippen LogP contribution in [0.2, 0.25) is 0 Å². The molecule has 4 rings (SSSR count).